The molecule has 0 radical (unpaired) electrons. The van der Waals surface area contributed by atoms with Gasteiger partial charge in [-0.15, -0.1) is 17.9 Å². The van der Waals surface area contributed by atoms with E-state index in [2.05, 4.69) is 24.7 Å². The van der Waals surface area contributed by atoms with Crippen molar-refractivity contribution in [2.45, 2.75) is 32.9 Å². The van der Waals surface area contributed by atoms with E-state index in [9.17, 15) is 9.59 Å². The third-order valence-electron chi connectivity index (χ3n) is 4.71. The Labute approximate surface area is 149 Å². The normalized spacial score (nSPS) is 14.7. The van der Waals surface area contributed by atoms with Gasteiger partial charge in [0.25, 0.3) is 5.56 Å². The summed E-state index contributed by atoms with van der Waals surface area (Å²) >= 11 is 1.66. The van der Waals surface area contributed by atoms with Crippen LogP contribution in [0.1, 0.15) is 17.7 Å². The number of likely N-dealkylation sites (tertiary alicyclic amines) is 1. The lowest BCUT2D eigenvalue weighted by molar-refractivity contribution is -0.131. The van der Waals surface area contributed by atoms with Crippen molar-refractivity contribution < 1.29 is 4.79 Å². The Morgan fingerprint density at radius 3 is 2.88 bits per heavy atom. The predicted octanol–water partition coefficient (Wildman–Crippen LogP) is 2.53. The fraction of sp³-hybridized carbons (Fsp3) is 0.389. The highest BCUT2D eigenvalue weighted by atomic mass is 32.1. The van der Waals surface area contributed by atoms with Gasteiger partial charge >= 0.3 is 0 Å². The van der Waals surface area contributed by atoms with Crippen LogP contribution in [0.25, 0.3) is 21.1 Å². The monoisotopic (exact) mass is 356 g/mol. The van der Waals surface area contributed by atoms with Gasteiger partial charge in [-0.1, -0.05) is 6.08 Å². The minimum atomic E-state index is -0.215. The first kappa shape index (κ1) is 16.1. The summed E-state index contributed by atoms with van der Waals surface area (Å²) in [6.07, 6.45) is 5.56. The number of amides is 1. The maximum Gasteiger partial charge on any atom is 0.291 e. The van der Waals surface area contributed by atoms with Gasteiger partial charge in [-0.3, -0.25) is 9.59 Å². The summed E-state index contributed by atoms with van der Waals surface area (Å²) in [5.74, 6) is -0.0362. The molecule has 7 heteroatoms. The fourth-order valence-corrected chi connectivity index (χ4v) is 4.57. The molecule has 130 valence electrons. The van der Waals surface area contributed by atoms with Crippen LogP contribution in [0.3, 0.4) is 0 Å². The van der Waals surface area contributed by atoms with Crippen LogP contribution in [0.4, 0.5) is 0 Å². The highest BCUT2D eigenvalue weighted by molar-refractivity contribution is 7.20. The number of allylic oxidation sites excluding steroid dienone is 1. The summed E-state index contributed by atoms with van der Waals surface area (Å²) in [7, 11) is 0. The molecule has 6 nitrogen and oxygen atoms in total. The molecule has 0 spiro atoms. The summed E-state index contributed by atoms with van der Waals surface area (Å²) in [5, 5.41) is 5.13. The van der Waals surface area contributed by atoms with Crippen molar-refractivity contribution in [1.29, 1.82) is 0 Å². The van der Waals surface area contributed by atoms with Crippen LogP contribution in [0.15, 0.2) is 29.7 Å². The fourth-order valence-electron chi connectivity index (χ4n) is 3.55. The molecule has 4 heterocycles. The average molecular weight is 356 g/mol. The van der Waals surface area contributed by atoms with Crippen molar-refractivity contribution in [3.05, 3.63) is 40.1 Å². The van der Waals surface area contributed by atoms with Gasteiger partial charge in [0.2, 0.25) is 5.91 Å². The van der Waals surface area contributed by atoms with Gasteiger partial charge in [-0.25, -0.2) is 4.68 Å². The topological polar surface area (TPSA) is 60.1 Å². The lowest BCUT2D eigenvalue weighted by Gasteiger charge is -2.15. The molecule has 1 amide bonds. The standard InChI is InChI=1S/C18H20N4O2S/c1-3-6-21-14-9-12(2)25-17(14)13-10-19-22(18(24)16(13)21)11-15(23)20-7-4-5-8-20/h3,9-10H,1,4-8,11H2,2H3. The zero-order valence-corrected chi connectivity index (χ0v) is 15.0. The Kier molecular flexibility index (Phi) is 3.95. The van der Waals surface area contributed by atoms with E-state index < -0.39 is 0 Å². The van der Waals surface area contributed by atoms with Crippen LogP contribution in [0.5, 0.6) is 0 Å². The van der Waals surface area contributed by atoms with Crippen molar-refractivity contribution in [2.24, 2.45) is 0 Å². The minimum Gasteiger partial charge on any atom is -0.341 e. The largest absolute Gasteiger partial charge is 0.341 e. The Morgan fingerprint density at radius 2 is 2.16 bits per heavy atom. The van der Waals surface area contributed by atoms with Crippen LogP contribution < -0.4 is 5.56 Å². The number of aromatic nitrogens is 3. The van der Waals surface area contributed by atoms with Crippen LogP contribution in [0.2, 0.25) is 0 Å². The number of rotatable bonds is 4. The predicted molar refractivity (Wildman–Crippen MR) is 100 cm³/mol. The van der Waals surface area contributed by atoms with Crippen molar-refractivity contribution in [1.82, 2.24) is 19.2 Å². The van der Waals surface area contributed by atoms with Gasteiger partial charge in [0.15, 0.2) is 0 Å². The van der Waals surface area contributed by atoms with Crippen molar-refractivity contribution in [3.63, 3.8) is 0 Å². The van der Waals surface area contributed by atoms with E-state index in [0.717, 1.165) is 41.5 Å². The first-order valence-corrected chi connectivity index (χ1v) is 9.29. The van der Waals surface area contributed by atoms with E-state index >= 15 is 0 Å². The summed E-state index contributed by atoms with van der Waals surface area (Å²) in [6.45, 7) is 7.96. The van der Waals surface area contributed by atoms with Crippen LogP contribution in [-0.2, 0) is 17.9 Å². The molecule has 1 fully saturated rings. The van der Waals surface area contributed by atoms with Gasteiger partial charge < -0.3 is 9.47 Å². The van der Waals surface area contributed by atoms with Crippen LogP contribution in [0, 0.1) is 6.92 Å². The Balaban J connectivity index is 1.83. The number of fused-ring (bicyclic) bond motifs is 3. The molecule has 0 aliphatic carbocycles. The molecule has 1 saturated heterocycles. The summed E-state index contributed by atoms with van der Waals surface area (Å²) in [5.41, 5.74) is 1.42. The molecule has 0 unspecified atom stereocenters. The zero-order chi connectivity index (χ0) is 17.6. The quantitative estimate of drug-likeness (QED) is 0.675. The SMILES string of the molecule is C=CCn1c2cc(C)sc2c2cnn(CC(=O)N3CCCC3)c(=O)c21. The molecule has 4 rings (SSSR count). The number of hydrogen-bond acceptors (Lipinski definition) is 4. The third-order valence-corrected chi connectivity index (χ3v) is 5.79. The van der Waals surface area contributed by atoms with E-state index in [-0.39, 0.29) is 18.0 Å². The highest BCUT2D eigenvalue weighted by Gasteiger charge is 2.21. The number of thiophene rings is 1. The molecule has 0 bridgehead atoms. The lowest BCUT2D eigenvalue weighted by Crippen LogP contribution is -2.35. The first-order valence-electron chi connectivity index (χ1n) is 8.47. The van der Waals surface area contributed by atoms with Crippen molar-refractivity contribution in [2.75, 3.05) is 13.1 Å². The van der Waals surface area contributed by atoms with Crippen LogP contribution in [-0.4, -0.2) is 38.2 Å². The summed E-state index contributed by atoms with van der Waals surface area (Å²) in [4.78, 5) is 28.4. The minimum absolute atomic E-state index is 0.000713. The Morgan fingerprint density at radius 1 is 1.40 bits per heavy atom. The van der Waals surface area contributed by atoms with Gasteiger partial charge in [0, 0.05) is 29.9 Å². The summed E-state index contributed by atoms with van der Waals surface area (Å²) in [6, 6.07) is 2.09. The molecular formula is C18H20N4O2S. The molecule has 1 aliphatic heterocycles. The molecule has 25 heavy (non-hydrogen) atoms. The van der Waals surface area contributed by atoms with E-state index in [0.29, 0.717) is 12.1 Å². The molecular weight excluding hydrogens is 336 g/mol. The number of nitrogens with zero attached hydrogens (tertiary/aromatic N) is 4. The average Bonchev–Trinajstić information content (AvgIpc) is 3.28. The number of aryl methyl sites for hydroxylation is 1. The van der Waals surface area contributed by atoms with Crippen LogP contribution >= 0.6 is 11.3 Å². The van der Waals surface area contributed by atoms with Gasteiger partial charge in [-0.05, 0) is 25.8 Å². The van der Waals surface area contributed by atoms with Gasteiger partial charge in [0.05, 0.1) is 16.4 Å². The Bertz CT molecular complexity index is 1040. The molecule has 1 aliphatic rings. The van der Waals surface area contributed by atoms with Gasteiger partial charge in [0.1, 0.15) is 12.1 Å². The first-order chi connectivity index (χ1) is 12.1. The van der Waals surface area contributed by atoms with E-state index in [1.165, 1.54) is 9.56 Å². The smallest absolute Gasteiger partial charge is 0.291 e. The van der Waals surface area contributed by atoms with E-state index in [1.54, 1.807) is 23.6 Å². The highest BCUT2D eigenvalue weighted by Crippen LogP contribution is 2.33. The number of carbonyl (C=O) groups is 1. The second-order valence-electron chi connectivity index (χ2n) is 6.43. The second-order valence-corrected chi connectivity index (χ2v) is 7.68. The molecule has 0 N–H and O–H groups in total. The maximum atomic E-state index is 13.0. The molecule has 3 aromatic heterocycles. The maximum absolute atomic E-state index is 13.0. The molecule has 0 saturated carbocycles. The van der Waals surface area contributed by atoms with E-state index in [4.69, 9.17) is 0 Å². The molecule has 0 atom stereocenters. The molecule has 3 aromatic rings. The third kappa shape index (κ3) is 2.59. The number of hydrogen-bond donors (Lipinski definition) is 0. The Hall–Kier alpha value is -2.41. The number of carbonyl (C=O) groups excluding carboxylic acids is 1. The van der Waals surface area contributed by atoms with E-state index in [1.807, 2.05) is 9.47 Å². The zero-order valence-electron chi connectivity index (χ0n) is 14.2. The van der Waals surface area contributed by atoms with Gasteiger partial charge in [-0.2, -0.15) is 5.10 Å². The lowest BCUT2D eigenvalue weighted by atomic mass is 10.3. The molecule has 0 aromatic carbocycles. The second kappa shape index (κ2) is 6.15. The van der Waals surface area contributed by atoms with Crippen molar-refractivity contribution in [3.8, 4) is 0 Å². The van der Waals surface area contributed by atoms with Crippen molar-refractivity contribution >= 4 is 38.4 Å². The summed E-state index contributed by atoms with van der Waals surface area (Å²) < 4.78 is 4.33.